The Labute approximate surface area is 134 Å². The summed E-state index contributed by atoms with van der Waals surface area (Å²) in [6, 6.07) is 12.5. The molecule has 116 valence electrons. The summed E-state index contributed by atoms with van der Waals surface area (Å²) < 4.78 is 0. The van der Waals surface area contributed by atoms with Crippen molar-refractivity contribution in [1.82, 2.24) is 0 Å². The molecule has 22 heavy (non-hydrogen) atoms. The van der Waals surface area contributed by atoms with E-state index in [1.165, 1.54) is 22.3 Å². The highest BCUT2D eigenvalue weighted by Crippen LogP contribution is 2.37. The van der Waals surface area contributed by atoms with E-state index in [-0.39, 0.29) is 0 Å². The molecule has 0 spiro atoms. The van der Waals surface area contributed by atoms with Crippen LogP contribution in [0.25, 0.3) is 11.1 Å². The number of aromatic hydroxyl groups is 1. The summed E-state index contributed by atoms with van der Waals surface area (Å²) in [7, 11) is 0. The minimum atomic E-state index is 0.344. The monoisotopic (exact) mass is 294 g/mol. The normalized spacial score (nSPS) is 11.2. The van der Waals surface area contributed by atoms with Gasteiger partial charge >= 0.3 is 0 Å². The Bertz CT molecular complexity index is 639. The lowest BCUT2D eigenvalue weighted by atomic mass is 9.84. The summed E-state index contributed by atoms with van der Waals surface area (Å²) in [6.45, 7) is 12.7. The predicted molar refractivity (Wildman–Crippen MR) is 95.6 cm³/mol. The standard InChI is InChI=1S/C21H26O/c1-6-8-16-13-17(11-12-20(16)22)21-18(14(2)3)9-7-10-19(21)15(4)5/h6-7,9-15,22H,1,8H2,2-5H3. The Kier molecular flexibility index (Phi) is 5.07. The molecule has 0 radical (unpaired) electrons. The van der Waals surface area contributed by atoms with E-state index in [0.717, 1.165) is 5.56 Å². The molecule has 0 fully saturated rings. The molecule has 0 aliphatic heterocycles. The Morgan fingerprint density at radius 3 is 2.09 bits per heavy atom. The van der Waals surface area contributed by atoms with Crippen molar-refractivity contribution in [2.75, 3.05) is 0 Å². The van der Waals surface area contributed by atoms with Crippen LogP contribution >= 0.6 is 0 Å². The highest BCUT2D eigenvalue weighted by Gasteiger charge is 2.16. The second-order valence-electron chi connectivity index (χ2n) is 6.46. The van der Waals surface area contributed by atoms with Crippen molar-refractivity contribution in [3.8, 4) is 16.9 Å². The first kappa shape index (κ1) is 16.4. The van der Waals surface area contributed by atoms with Crippen LogP contribution in [0.2, 0.25) is 0 Å². The quantitative estimate of drug-likeness (QED) is 0.667. The van der Waals surface area contributed by atoms with E-state index in [1.807, 2.05) is 12.1 Å². The Hall–Kier alpha value is -2.02. The van der Waals surface area contributed by atoms with Gasteiger partial charge in [-0.3, -0.25) is 0 Å². The van der Waals surface area contributed by atoms with Crippen molar-refractivity contribution in [3.05, 3.63) is 65.7 Å². The van der Waals surface area contributed by atoms with Crippen LogP contribution in [0.3, 0.4) is 0 Å². The van der Waals surface area contributed by atoms with E-state index < -0.39 is 0 Å². The highest BCUT2D eigenvalue weighted by atomic mass is 16.3. The molecular formula is C21H26O. The summed E-state index contributed by atoms with van der Waals surface area (Å²) in [5.41, 5.74) is 6.16. The molecule has 1 N–H and O–H groups in total. The van der Waals surface area contributed by atoms with E-state index in [9.17, 15) is 5.11 Å². The maximum Gasteiger partial charge on any atom is 0.119 e. The molecule has 0 atom stereocenters. The van der Waals surface area contributed by atoms with Crippen molar-refractivity contribution < 1.29 is 5.11 Å². The first-order chi connectivity index (χ1) is 10.5. The molecule has 0 amide bonds. The van der Waals surface area contributed by atoms with Crippen molar-refractivity contribution in [3.63, 3.8) is 0 Å². The van der Waals surface area contributed by atoms with Gasteiger partial charge < -0.3 is 5.11 Å². The number of hydrogen-bond donors (Lipinski definition) is 1. The van der Waals surface area contributed by atoms with Gasteiger partial charge in [-0.25, -0.2) is 0 Å². The first-order valence-electron chi connectivity index (χ1n) is 8.01. The molecule has 0 heterocycles. The molecule has 2 aromatic rings. The van der Waals surface area contributed by atoms with Gasteiger partial charge in [-0.2, -0.15) is 0 Å². The molecule has 0 unspecified atom stereocenters. The van der Waals surface area contributed by atoms with E-state index in [2.05, 4.69) is 58.5 Å². The van der Waals surface area contributed by atoms with Crippen molar-refractivity contribution in [1.29, 1.82) is 0 Å². The lowest BCUT2D eigenvalue weighted by molar-refractivity contribution is 0.470. The number of allylic oxidation sites excluding steroid dienone is 1. The zero-order valence-corrected chi connectivity index (χ0v) is 14.1. The minimum Gasteiger partial charge on any atom is -0.508 e. The van der Waals surface area contributed by atoms with E-state index >= 15 is 0 Å². The summed E-state index contributed by atoms with van der Waals surface area (Å²) in [6.07, 6.45) is 2.51. The molecule has 1 heteroatoms. The van der Waals surface area contributed by atoms with Gasteiger partial charge in [0.15, 0.2) is 0 Å². The molecule has 0 aromatic heterocycles. The van der Waals surface area contributed by atoms with Crippen LogP contribution in [0.1, 0.15) is 56.2 Å². The van der Waals surface area contributed by atoms with Crippen LogP contribution < -0.4 is 0 Å². The van der Waals surface area contributed by atoms with Gasteiger partial charge in [-0.05, 0) is 58.2 Å². The lowest BCUT2D eigenvalue weighted by Gasteiger charge is -2.20. The molecule has 2 aromatic carbocycles. The van der Waals surface area contributed by atoms with Gasteiger partial charge in [0.1, 0.15) is 5.75 Å². The summed E-state index contributed by atoms with van der Waals surface area (Å²) >= 11 is 0. The average molecular weight is 294 g/mol. The smallest absolute Gasteiger partial charge is 0.119 e. The number of phenolic OH excluding ortho intramolecular Hbond substituents is 1. The average Bonchev–Trinajstić information content (AvgIpc) is 2.48. The fourth-order valence-corrected chi connectivity index (χ4v) is 2.94. The molecule has 1 nitrogen and oxygen atoms in total. The Morgan fingerprint density at radius 1 is 1.00 bits per heavy atom. The molecule has 0 saturated heterocycles. The zero-order valence-electron chi connectivity index (χ0n) is 14.1. The summed E-state index contributed by atoms with van der Waals surface area (Å²) in [5, 5.41) is 10.0. The fourth-order valence-electron chi connectivity index (χ4n) is 2.94. The topological polar surface area (TPSA) is 20.2 Å². The predicted octanol–water partition coefficient (Wildman–Crippen LogP) is 6.03. The largest absolute Gasteiger partial charge is 0.508 e. The number of phenols is 1. The molecule has 2 rings (SSSR count). The van der Waals surface area contributed by atoms with Gasteiger partial charge in [0.05, 0.1) is 0 Å². The SMILES string of the molecule is C=CCc1cc(-c2c(C(C)C)cccc2C(C)C)ccc1O. The van der Waals surface area contributed by atoms with Crippen molar-refractivity contribution in [2.45, 2.75) is 46.0 Å². The third-order valence-electron chi connectivity index (χ3n) is 4.11. The Balaban J connectivity index is 2.69. The van der Waals surface area contributed by atoms with Gasteiger partial charge in [-0.1, -0.05) is 58.0 Å². The second-order valence-corrected chi connectivity index (χ2v) is 6.46. The van der Waals surface area contributed by atoms with Crippen LogP contribution in [0.15, 0.2) is 49.1 Å². The molecular weight excluding hydrogens is 268 g/mol. The fraction of sp³-hybridized carbons (Fsp3) is 0.333. The van der Waals surface area contributed by atoms with E-state index in [0.29, 0.717) is 24.0 Å². The maximum absolute atomic E-state index is 10.0. The van der Waals surface area contributed by atoms with Crippen LogP contribution in [-0.2, 0) is 6.42 Å². The van der Waals surface area contributed by atoms with Crippen LogP contribution in [0, 0.1) is 0 Å². The molecule has 0 saturated carbocycles. The van der Waals surface area contributed by atoms with Crippen LogP contribution in [0.4, 0.5) is 0 Å². The zero-order chi connectivity index (χ0) is 16.3. The first-order valence-corrected chi connectivity index (χ1v) is 8.01. The number of hydrogen-bond acceptors (Lipinski definition) is 1. The summed E-state index contributed by atoms with van der Waals surface area (Å²) in [4.78, 5) is 0. The molecule has 0 aliphatic rings. The van der Waals surface area contributed by atoms with Gasteiger partial charge in [0, 0.05) is 0 Å². The van der Waals surface area contributed by atoms with Gasteiger partial charge in [0.25, 0.3) is 0 Å². The minimum absolute atomic E-state index is 0.344. The number of rotatable bonds is 5. The van der Waals surface area contributed by atoms with Crippen LogP contribution in [-0.4, -0.2) is 5.11 Å². The molecule has 0 bridgehead atoms. The van der Waals surface area contributed by atoms with Gasteiger partial charge in [0.2, 0.25) is 0 Å². The van der Waals surface area contributed by atoms with Crippen LogP contribution in [0.5, 0.6) is 5.75 Å². The second kappa shape index (κ2) is 6.83. The van der Waals surface area contributed by atoms with Gasteiger partial charge in [-0.15, -0.1) is 6.58 Å². The Morgan fingerprint density at radius 2 is 1.59 bits per heavy atom. The van der Waals surface area contributed by atoms with Crippen molar-refractivity contribution in [2.24, 2.45) is 0 Å². The molecule has 0 aliphatic carbocycles. The van der Waals surface area contributed by atoms with E-state index in [4.69, 9.17) is 0 Å². The third-order valence-corrected chi connectivity index (χ3v) is 4.11. The summed E-state index contributed by atoms with van der Waals surface area (Å²) in [5.74, 6) is 1.27. The van der Waals surface area contributed by atoms with E-state index in [1.54, 1.807) is 6.07 Å². The highest BCUT2D eigenvalue weighted by molar-refractivity contribution is 5.74. The van der Waals surface area contributed by atoms with Crippen molar-refractivity contribution >= 4 is 0 Å². The lowest BCUT2D eigenvalue weighted by Crippen LogP contribution is -2.00. The third kappa shape index (κ3) is 3.24. The number of benzene rings is 2. The maximum atomic E-state index is 10.0.